The second-order valence-electron chi connectivity index (χ2n) is 4.46. The minimum atomic E-state index is -0.353. The van der Waals surface area contributed by atoms with Gasteiger partial charge in [0, 0.05) is 10.0 Å². The Morgan fingerprint density at radius 1 is 1.38 bits per heavy atom. The van der Waals surface area contributed by atoms with Crippen LogP contribution >= 0.6 is 39.9 Å². The number of benzene rings is 1. The number of nitrogens with zero attached hydrogens (tertiary/aromatic N) is 2. The summed E-state index contributed by atoms with van der Waals surface area (Å²) in [7, 11) is 0. The number of hydrogen-bond donors (Lipinski definition) is 2. The number of anilines is 1. The van der Waals surface area contributed by atoms with Crippen LogP contribution in [0.5, 0.6) is 0 Å². The monoisotopic (exact) mass is 379 g/mol. The number of aryl methyl sites for hydroxylation is 1. The molecule has 0 unspecified atom stereocenters. The van der Waals surface area contributed by atoms with Gasteiger partial charge in [0.25, 0.3) is 0 Å². The van der Waals surface area contributed by atoms with Gasteiger partial charge in [-0.1, -0.05) is 40.7 Å². The van der Waals surface area contributed by atoms with Gasteiger partial charge in [0.1, 0.15) is 15.5 Å². The summed E-state index contributed by atoms with van der Waals surface area (Å²) in [6.07, 6.45) is 0. The molecule has 0 aliphatic heterocycles. The van der Waals surface area contributed by atoms with E-state index in [0.717, 1.165) is 15.7 Å². The van der Waals surface area contributed by atoms with Crippen LogP contribution in [0.4, 0.5) is 5.69 Å². The van der Waals surface area contributed by atoms with Crippen LogP contribution in [0, 0.1) is 6.92 Å². The SMILES string of the molecule is Cc1nc(-c2cccc(Br)c2)c2c(N)c(C(=O)S)sc2n1. The van der Waals surface area contributed by atoms with Crippen molar-refractivity contribution < 1.29 is 4.79 Å². The van der Waals surface area contributed by atoms with Crippen molar-refractivity contribution in [1.29, 1.82) is 0 Å². The molecule has 21 heavy (non-hydrogen) atoms. The van der Waals surface area contributed by atoms with E-state index in [0.29, 0.717) is 26.6 Å². The Bertz CT molecular complexity index is 876. The van der Waals surface area contributed by atoms with E-state index in [1.54, 1.807) is 0 Å². The zero-order valence-electron chi connectivity index (χ0n) is 10.9. The molecule has 0 amide bonds. The quantitative estimate of drug-likeness (QED) is 0.658. The van der Waals surface area contributed by atoms with E-state index >= 15 is 0 Å². The summed E-state index contributed by atoms with van der Waals surface area (Å²) in [5, 5.41) is 0.356. The van der Waals surface area contributed by atoms with Crippen LogP contribution in [0.3, 0.4) is 0 Å². The van der Waals surface area contributed by atoms with Crippen LogP contribution in [0.15, 0.2) is 28.7 Å². The van der Waals surface area contributed by atoms with Crippen LogP contribution in [0.1, 0.15) is 15.5 Å². The lowest BCUT2D eigenvalue weighted by Gasteiger charge is -2.05. The molecule has 106 valence electrons. The number of carbonyl (C=O) groups is 1. The highest BCUT2D eigenvalue weighted by Gasteiger charge is 2.20. The number of aromatic nitrogens is 2. The number of hydrogen-bond acceptors (Lipinski definition) is 5. The lowest BCUT2D eigenvalue weighted by Crippen LogP contribution is -1.96. The van der Waals surface area contributed by atoms with Gasteiger partial charge >= 0.3 is 0 Å². The Morgan fingerprint density at radius 2 is 2.14 bits per heavy atom. The molecule has 0 aliphatic rings. The zero-order chi connectivity index (χ0) is 15.1. The van der Waals surface area contributed by atoms with Crippen molar-refractivity contribution in [2.24, 2.45) is 0 Å². The maximum absolute atomic E-state index is 11.6. The number of nitrogens with two attached hydrogens (primary N) is 1. The molecule has 0 spiro atoms. The molecule has 0 radical (unpaired) electrons. The number of nitrogen functional groups attached to an aromatic ring is 1. The number of thiophene rings is 1. The van der Waals surface area contributed by atoms with Crippen molar-refractivity contribution in [3.63, 3.8) is 0 Å². The summed E-state index contributed by atoms with van der Waals surface area (Å²) in [5.41, 5.74) is 8.16. The van der Waals surface area contributed by atoms with Crippen molar-refractivity contribution in [2.45, 2.75) is 6.92 Å². The average molecular weight is 380 g/mol. The summed E-state index contributed by atoms with van der Waals surface area (Å²) in [4.78, 5) is 21.6. The molecule has 2 aromatic heterocycles. The number of halogens is 1. The van der Waals surface area contributed by atoms with Crippen molar-refractivity contribution in [3.8, 4) is 11.3 Å². The smallest absolute Gasteiger partial charge is 0.228 e. The first-order valence-electron chi connectivity index (χ1n) is 6.03. The normalized spacial score (nSPS) is 11.0. The predicted octanol–water partition coefficient (Wildman–Crippen LogP) is 4.08. The van der Waals surface area contributed by atoms with Gasteiger partial charge in [0.05, 0.1) is 16.8 Å². The molecule has 0 atom stereocenters. The van der Waals surface area contributed by atoms with E-state index in [-0.39, 0.29) is 5.12 Å². The fourth-order valence-electron chi connectivity index (χ4n) is 2.13. The predicted molar refractivity (Wildman–Crippen MR) is 93.0 cm³/mol. The first-order valence-corrected chi connectivity index (χ1v) is 8.09. The van der Waals surface area contributed by atoms with E-state index in [1.165, 1.54) is 11.3 Å². The minimum Gasteiger partial charge on any atom is -0.397 e. The van der Waals surface area contributed by atoms with Crippen LogP contribution in [-0.2, 0) is 0 Å². The molecule has 0 saturated carbocycles. The number of fused-ring (bicyclic) bond motifs is 1. The molecule has 3 rings (SSSR count). The van der Waals surface area contributed by atoms with Crippen molar-refractivity contribution in [1.82, 2.24) is 9.97 Å². The third-order valence-electron chi connectivity index (χ3n) is 2.99. The van der Waals surface area contributed by atoms with Gasteiger partial charge in [0.15, 0.2) is 0 Å². The average Bonchev–Trinajstić information content (AvgIpc) is 2.75. The molecule has 7 heteroatoms. The van der Waals surface area contributed by atoms with Gasteiger partial charge in [-0.05, 0) is 19.1 Å². The van der Waals surface area contributed by atoms with Crippen molar-refractivity contribution in [3.05, 3.63) is 39.4 Å². The fraction of sp³-hybridized carbons (Fsp3) is 0.0714. The van der Waals surface area contributed by atoms with E-state index < -0.39 is 0 Å². The van der Waals surface area contributed by atoms with Gasteiger partial charge in [-0.15, -0.1) is 11.3 Å². The van der Waals surface area contributed by atoms with Crippen LogP contribution in [0.2, 0.25) is 0 Å². The lowest BCUT2D eigenvalue weighted by atomic mass is 10.1. The van der Waals surface area contributed by atoms with E-state index in [1.807, 2.05) is 31.2 Å². The molecule has 1 aromatic carbocycles. The molecule has 2 heterocycles. The van der Waals surface area contributed by atoms with Crippen LogP contribution in [-0.4, -0.2) is 15.1 Å². The molecule has 4 nitrogen and oxygen atoms in total. The summed E-state index contributed by atoms with van der Waals surface area (Å²) in [6.45, 7) is 1.82. The number of carbonyl (C=O) groups excluding carboxylic acids is 1. The maximum atomic E-state index is 11.6. The number of thiol groups is 1. The highest BCUT2D eigenvalue weighted by molar-refractivity contribution is 9.10. The van der Waals surface area contributed by atoms with Gasteiger partial charge in [0.2, 0.25) is 5.12 Å². The second-order valence-corrected chi connectivity index (χ2v) is 6.78. The third-order valence-corrected chi connectivity index (χ3v) is 4.96. The topological polar surface area (TPSA) is 68.9 Å². The van der Waals surface area contributed by atoms with Crippen molar-refractivity contribution in [2.75, 3.05) is 5.73 Å². The molecule has 0 saturated heterocycles. The Kier molecular flexibility index (Phi) is 3.73. The molecule has 2 N–H and O–H groups in total. The Morgan fingerprint density at radius 3 is 2.81 bits per heavy atom. The molecule has 0 fully saturated rings. The molecule has 0 aliphatic carbocycles. The molecular weight excluding hydrogens is 370 g/mol. The minimum absolute atomic E-state index is 0.353. The van der Waals surface area contributed by atoms with Gasteiger partial charge < -0.3 is 5.73 Å². The molecular formula is C14H10BrN3OS2. The Hall–Kier alpha value is -1.44. The first-order chi connectivity index (χ1) is 9.97. The largest absolute Gasteiger partial charge is 0.397 e. The molecule has 3 aromatic rings. The van der Waals surface area contributed by atoms with E-state index in [9.17, 15) is 4.79 Å². The fourth-order valence-corrected chi connectivity index (χ4v) is 3.77. The van der Waals surface area contributed by atoms with Crippen LogP contribution < -0.4 is 5.73 Å². The zero-order valence-corrected chi connectivity index (χ0v) is 14.2. The maximum Gasteiger partial charge on any atom is 0.228 e. The molecule has 0 bridgehead atoms. The highest BCUT2D eigenvalue weighted by Crippen LogP contribution is 2.39. The standard InChI is InChI=1S/C14H10BrN3OS2/c1-6-17-11(7-3-2-4-8(15)5-7)9-10(16)12(14(19)20)21-13(9)18-6/h2-5H,16H2,1H3,(H,19,20). The van der Waals surface area contributed by atoms with Crippen LogP contribution in [0.25, 0.3) is 21.5 Å². The summed E-state index contributed by atoms with van der Waals surface area (Å²) >= 11 is 8.56. The van der Waals surface area contributed by atoms with E-state index in [4.69, 9.17) is 5.73 Å². The highest BCUT2D eigenvalue weighted by atomic mass is 79.9. The Balaban J connectivity index is 2.39. The third kappa shape index (κ3) is 2.56. The van der Waals surface area contributed by atoms with Gasteiger partial charge in [-0.2, -0.15) is 0 Å². The summed E-state index contributed by atoms with van der Waals surface area (Å²) in [5.74, 6) is 0.636. The van der Waals surface area contributed by atoms with Gasteiger partial charge in [-0.3, -0.25) is 4.79 Å². The second kappa shape index (κ2) is 5.40. The Labute approximate surface area is 139 Å². The first kappa shape index (κ1) is 14.5. The van der Waals surface area contributed by atoms with Crippen molar-refractivity contribution >= 4 is 60.9 Å². The summed E-state index contributed by atoms with van der Waals surface area (Å²) in [6, 6.07) is 7.77. The number of rotatable bonds is 2. The summed E-state index contributed by atoms with van der Waals surface area (Å²) < 4.78 is 0.948. The lowest BCUT2D eigenvalue weighted by molar-refractivity contribution is 0.109. The van der Waals surface area contributed by atoms with Gasteiger partial charge in [-0.25, -0.2) is 9.97 Å². The van der Waals surface area contributed by atoms with E-state index in [2.05, 4.69) is 38.5 Å².